The third-order valence-electron chi connectivity index (χ3n) is 4.11. The molecular formula is C19H20N2O3. The molecule has 5 heteroatoms. The van der Waals surface area contributed by atoms with Crippen LogP contribution in [-0.4, -0.2) is 24.8 Å². The number of carbonyl (C=O) groups is 1. The SMILES string of the molecule is COc1ccc(C2=NOC(C(=O)Nc3c(C)cccc3C)C2)cc1. The lowest BCUT2D eigenvalue weighted by Crippen LogP contribution is -2.28. The smallest absolute Gasteiger partial charge is 0.268 e. The van der Waals surface area contributed by atoms with Crippen molar-refractivity contribution in [2.75, 3.05) is 12.4 Å². The number of hydrogen-bond donors (Lipinski definition) is 1. The molecule has 2 aromatic carbocycles. The number of anilines is 1. The Morgan fingerprint density at radius 1 is 1.17 bits per heavy atom. The number of carbonyl (C=O) groups excluding carboxylic acids is 1. The van der Waals surface area contributed by atoms with Crippen LogP contribution in [0.4, 0.5) is 5.69 Å². The molecular weight excluding hydrogens is 304 g/mol. The maximum absolute atomic E-state index is 12.5. The zero-order chi connectivity index (χ0) is 17.1. The lowest BCUT2D eigenvalue weighted by Gasteiger charge is -2.13. The summed E-state index contributed by atoms with van der Waals surface area (Å²) in [6.07, 6.45) is -0.163. The minimum atomic E-state index is -0.610. The highest BCUT2D eigenvalue weighted by Crippen LogP contribution is 2.23. The summed E-state index contributed by atoms with van der Waals surface area (Å²) < 4.78 is 5.14. The molecule has 0 radical (unpaired) electrons. The van der Waals surface area contributed by atoms with Crippen LogP contribution in [0.3, 0.4) is 0 Å². The fourth-order valence-corrected chi connectivity index (χ4v) is 2.69. The average Bonchev–Trinajstić information content (AvgIpc) is 3.08. The normalized spacial score (nSPS) is 16.3. The van der Waals surface area contributed by atoms with Crippen LogP contribution in [0.1, 0.15) is 23.1 Å². The van der Waals surface area contributed by atoms with E-state index < -0.39 is 6.10 Å². The number of rotatable bonds is 4. The Hall–Kier alpha value is -2.82. The molecule has 0 saturated carbocycles. The van der Waals surface area contributed by atoms with E-state index in [1.54, 1.807) is 7.11 Å². The van der Waals surface area contributed by atoms with E-state index in [9.17, 15) is 4.79 Å². The summed E-state index contributed by atoms with van der Waals surface area (Å²) in [5, 5.41) is 7.02. The Morgan fingerprint density at radius 3 is 2.46 bits per heavy atom. The Morgan fingerprint density at radius 2 is 1.83 bits per heavy atom. The summed E-state index contributed by atoms with van der Waals surface area (Å²) in [6, 6.07) is 13.5. The Kier molecular flexibility index (Phi) is 4.51. The number of aryl methyl sites for hydroxylation is 2. The standard InChI is InChI=1S/C19H20N2O3/c1-12-5-4-6-13(2)18(12)20-19(22)17-11-16(21-24-17)14-7-9-15(23-3)10-8-14/h4-10,17H,11H2,1-3H3,(H,20,22). The lowest BCUT2D eigenvalue weighted by atomic mass is 10.0. The second-order valence-corrected chi connectivity index (χ2v) is 5.82. The summed E-state index contributed by atoms with van der Waals surface area (Å²) >= 11 is 0. The van der Waals surface area contributed by atoms with Gasteiger partial charge in [0.1, 0.15) is 5.75 Å². The van der Waals surface area contributed by atoms with Crippen molar-refractivity contribution >= 4 is 17.3 Å². The van der Waals surface area contributed by atoms with Gasteiger partial charge >= 0.3 is 0 Å². The number of oxime groups is 1. The summed E-state index contributed by atoms with van der Waals surface area (Å²) in [6.45, 7) is 3.94. The number of hydrogen-bond acceptors (Lipinski definition) is 4. The van der Waals surface area contributed by atoms with Gasteiger partial charge in [0, 0.05) is 12.1 Å². The van der Waals surface area contributed by atoms with Gasteiger partial charge in [0.25, 0.3) is 5.91 Å². The molecule has 1 unspecified atom stereocenters. The lowest BCUT2D eigenvalue weighted by molar-refractivity contribution is -0.125. The van der Waals surface area contributed by atoms with Gasteiger partial charge in [-0.05, 0) is 54.8 Å². The number of benzene rings is 2. The first-order valence-electron chi connectivity index (χ1n) is 7.82. The Bertz CT molecular complexity index is 761. The van der Waals surface area contributed by atoms with E-state index in [2.05, 4.69) is 10.5 Å². The van der Waals surface area contributed by atoms with Gasteiger partial charge in [-0.3, -0.25) is 4.79 Å². The van der Waals surface area contributed by atoms with E-state index in [1.165, 1.54) is 0 Å². The molecule has 0 aromatic heterocycles. The van der Waals surface area contributed by atoms with E-state index in [0.717, 1.165) is 33.8 Å². The van der Waals surface area contributed by atoms with Gasteiger partial charge in [0.2, 0.25) is 6.10 Å². The molecule has 0 aliphatic carbocycles. The molecule has 5 nitrogen and oxygen atoms in total. The highest BCUT2D eigenvalue weighted by Gasteiger charge is 2.29. The molecule has 3 rings (SSSR count). The van der Waals surface area contributed by atoms with E-state index in [1.807, 2.05) is 56.3 Å². The maximum atomic E-state index is 12.5. The summed E-state index contributed by atoms with van der Waals surface area (Å²) in [5.74, 6) is 0.599. The monoisotopic (exact) mass is 324 g/mol. The molecule has 2 aromatic rings. The van der Waals surface area contributed by atoms with Crippen LogP contribution in [0.5, 0.6) is 5.75 Å². The number of ether oxygens (including phenoxy) is 1. The van der Waals surface area contributed by atoms with Crippen molar-refractivity contribution in [1.29, 1.82) is 0 Å². The number of nitrogens with one attached hydrogen (secondary N) is 1. The fraction of sp³-hybridized carbons (Fsp3) is 0.263. The Labute approximate surface area is 141 Å². The zero-order valence-corrected chi connectivity index (χ0v) is 14.0. The molecule has 1 aliphatic rings. The minimum absolute atomic E-state index is 0.181. The van der Waals surface area contributed by atoms with Crippen LogP contribution in [-0.2, 0) is 9.63 Å². The molecule has 0 saturated heterocycles. The first-order chi connectivity index (χ1) is 11.6. The van der Waals surface area contributed by atoms with E-state index in [4.69, 9.17) is 9.57 Å². The maximum Gasteiger partial charge on any atom is 0.268 e. The molecule has 1 heterocycles. The van der Waals surface area contributed by atoms with Crippen LogP contribution in [0.25, 0.3) is 0 Å². The summed E-state index contributed by atoms with van der Waals surface area (Å²) in [7, 11) is 1.62. The van der Waals surface area contributed by atoms with Crippen LogP contribution in [0.2, 0.25) is 0 Å². The van der Waals surface area contributed by atoms with Gasteiger partial charge in [-0.2, -0.15) is 0 Å². The molecule has 0 spiro atoms. The zero-order valence-electron chi connectivity index (χ0n) is 14.0. The van der Waals surface area contributed by atoms with Gasteiger partial charge in [-0.25, -0.2) is 0 Å². The highest BCUT2D eigenvalue weighted by molar-refractivity contribution is 6.06. The number of para-hydroxylation sites is 1. The average molecular weight is 324 g/mol. The van der Waals surface area contributed by atoms with E-state index in [0.29, 0.717) is 6.42 Å². The minimum Gasteiger partial charge on any atom is -0.497 e. The topological polar surface area (TPSA) is 59.9 Å². The predicted octanol–water partition coefficient (Wildman–Crippen LogP) is 3.44. The van der Waals surface area contributed by atoms with Gasteiger partial charge < -0.3 is 14.9 Å². The molecule has 0 fully saturated rings. The molecule has 1 N–H and O–H groups in total. The molecule has 1 atom stereocenters. The van der Waals surface area contributed by atoms with Gasteiger partial charge in [-0.15, -0.1) is 0 Å². The van der Waals surface area contributed by atoms with Gasteiger partial charge in [-0.1, -0.05) is 23.4 Å². The van der Waals surface area contributed by atoms with Crippen molar-refractivity contribution in [3.63, 3.8) is 0 Å². The third-order valence-corrected chi connectivity index (χ3v) is 4.11. The number of amides is 1. The number of methoxy groups -OCH3 is 1. The molecule has 24 heavy (non-hydrogen) atoms. The molecule has 1 aliphatic heterocycles. The van der Waals surface area contributed by atoms with E-state index >= 15 is 0 Å². The fourth-order valence-electron chi connectivity index (χ4n) is 2.69. The molecule has 124 valence electrons. The summed E-state index contributed by atoms with van der Waals surface area (Å²) in [5.41, 5.74) is 4.58. The third kappa shape index (κ3) is 3.25. The Balaban J connectivity index is 1.66. The van der Waals surface area contributed by atoms with Crippen molar-refractivity contribution in [3.8, 4) is 5.75 Å². The first-order valence-corrected chi connectivity index (χ1v) is 7.82. The molecule has 0 bridgehead atoms. The van der Waals surface area contributed by atoms with Gasteiger partial charge in [0.15, 0.2) is 0 Å². The van der Waals surface area contributed by atoms with Crippen LogP contribution in [0.15, 0.2) is 47.6 Å². The second kappa shape index (κ2) is 6.74. The predicted molar refractivity (Wildman–Crippen MR) is 93.6 cm³/mol. The van der Waals surface area contributed by atoms with Crippen molar-refractivity contribution in [2.45, 2.75) is 26.4 Å². The number of nitrogens with zero attached hydrogens (tertiary/aromatic N) is 1. The van der Waals surface area contributed by atoms with Crippen LogP contribution >= 0.6 is 0 Å². The van der Waals surface area contributed by atoms with Gasteiger partial charge in [0.05, 0.1) is 12.8 Å². The second-order valence-electron chi connectivity index (χ2n) is 5.82. The van der Waals surface area contributed by atoms with Crippen LogP contribution in [0, 0.1) is 13.8 Å². The van der Waals surface area contributed by atoms with Crippen LogP contribution < -0.4 is 10.1 Å². The highest BCUT2D eigenvalue weighted by atomic mass is 16.6. The van der Waals surface area contributed by atoms with Crippen molar-refractivity contribution in [1.82, 2.24) is 0 Å². The van der Waals surface area contributed by atoms with Crippen molar-refractivity contribution < 1.29 is 14.4 Å². The summed E-state index contributed by atoms with van der Waals surface area (Å²) in [4.78, 5) is 17.8. The first kappa shape index (κ1) is 16.1. The van der Waals surface area contributed by atoms with Crippen molar-refractivity contribution in [3.05, 3.63) is 59.2 Å². The quantitative estimate of drug-likeness (QED) is 0.937. The largest absolute Gasteiger partial charge is 0.497 e. The van der Waals surface area contributed by atoms with E-state index in [-0.39, 0.29) is 5.91 Å². The van der Waals surface area contributed by atoms with Crippen molar-refractivity contribution in [2.24, 2.45) is 5.16 Å². The molecule has 1 amide bonds.